The van der Waals surface area contributed by atoms with E-state index >= 15 is 0 Å². The number of carbonyl (C=O) groups excluding carboxylic acids is 1. The van der Waals surface area contributed by atoms with Crippen LogP contribution in [0, 0.1) is 0 Å². The predicted octanol–water partition coefficient (Wildman–Crippen LogP) is 3.36. The number of rotatable bonds is 8. The summed E-state index contributed by atoms with van der Waals surface area (Å²) in [6, 6.07) is 11.3. The first kappa shape index (κ1) is 21.7. The summed E-state index contributed by atoms with van der Waals surface area (Å²) in [5, 5.41) is 10.1. The summed E-state index contributed by atoms with van der Waals surface area (Å²) in [6.07, 6.45) is -5.15. The Balaban J connectivity index is 1.79. The van der Waals surface area contributed by atoms with Crippen LogP contribution in [0.2, 0.25) is 0 Å². The number of halogens is 3. The smallest absolute Gasteiger partial charge is 0.416 e. The summed E-state index contributed by atoms with van der Waals surface area (Å²) >= 11 is 0. The predicted molar refractivity (Wildman–Crippen MR) is 97.1 cm³/mol. The van der Waals surface area contributed by atoms with Gasteiger partial charge in [0.1, 0.15) is 18.5 Å². The van der Waals surface area contributed by atoms with Crippen LogP contribution in [0.3, 0.4) is 0 Å². The molecule has 2 aromatic carbocycles. The highest BCUT2D eigenvalue weighted by Crippen LogP contribution is 2.29. The van der Waals surface area contributed by atoms with E-state index in [0.29, 0.717) is 23.4 Å². The number of carbonyl (C=O) groups is 1. The number of hydrogen-bond acceptors (Lipinski definition) is 5. The third-order valence-corrected chi connectivity index (χ3v) is 3.97. The van der Waals surface area contributed by atoms with E-state index in [1.165, 1.54) is 19.2 Å². The molecule has 2 rings (SSSR count). The highest BCUT2D eigenvalue weighted by molar-refractivity contribution is 5.89. The second-order valence-corrected chi connectivity index (χ2v) is 6.37. The average molecular weight is 397 g/mol. The molecule has 152 valence electrons. The number of ether oxygens (including phenoxy) is 2. The van der Waals surface area contributed by atoms with E-state index in [2.05, 4.69) is 4.74 Å². The number of alkyl halides is 3. The lowest BCUT2D eigenvalue weighted by molar-refractivity contribution is -0.137. The van der Waals surface area contributed by atoms with Gasteiger partial charge in [0.25, 0.3) is 0 Å². The van der Waals surface area contributed by atoms with Crippen molar-refractivity contribution < 1.29 is 32.5 Å². The van der Waals surface area contributed by atoms with Crippen LogP contribution in [0.4, 0.5) is 13.2 Å². The van der Waals surface area contributed by atoms with E-state index in [9.17, 15) is 23.1 Å². The molecule has 1 N–H and O–H groups in total. The molecule has 5 nitrogen and oxygen atoms in total. The van der Waals surface area contributed by atoms with Gasteiger partial charge in [-0.05, 0) is 49.0 Å². The zero-order valence-corrected chi connectivity index (χ0v) is 15.6. The van der Waals surface area contributed by atoms with Crippen LogP contribution in [-0.2, 0) is 17.5 Å². The molecule has 2 aromatic rings. The minimum Gasteiger partial charge on any atom is -0.491 e. The highest BCUT2D eigenvalue weighted by atomic mass is 19.4. The molecule has 1 atom stereocenters. The van der Waals surface area contributed by atoms with E-state index in [1.54, 1.807) is 36.2 Å². The molecule has 0 amide bonds. The lowest BCUT2D eigenvalue weighted by Crippen LogP contribution is -2.32. The molecule has 0 unspecified atom stereocenters. The zero-order valence-electron chi connectivity index (χ0n) is 15.6. The van der Waals surface area contributed by atoms with Crippen molar-refractivity contribution >= 4 is 5.97 Å². The van der Waals surface area contributed by atoms with Crippen LogP contribution in [0.15, 0.2) is 48.5 Å². The Kier molecular flexibility index (Phi) is 7.42. The van der Waals surface area contributed by atoms with Gasteiger partial charge >= 0.3 is 12.1 Å². The van der Waals surface area contributed by atoms with Crippen molar-refractivity contribution in [1.29, 1.82) is 0 Å². The van der Waals surface area contributed by atoms with E-state index in [-0.39, 0.29) is 13.2 Å². The van der Waals surface area contributed by atoms with E-state index in [1.807, 2.05) is 0 Å². The Hall–Kier alpha value is -2.58. The van der Waals surface area contributed by atoms with Crippen LogP contribution in [-0.4, -0.2) is 49.4 Å². The largest absolute Gasteiger partial charge is 0.491 e. The van der Waals surface area contributed by atoms with Gasteiger partial charge in [0, 0.05) is 13.1 Å². The average Bonchev–Trinajstić information content (AvgIpc) is 2.65. The van der Waals surface area contributed by atoms with Crippen LogP contribution in [0.25, 0.3) is 0 Å². The van der Waals surface area contributed by atoms with Crippen LogP contribution >= 0.6 is 0 Å². The molecule has 0 heterocycles. The molecule has 0 saturated heterocycles. The number of likely N-dealkylation sites (N-methyl/N-ethyl adjacent to an activating group) is 1. The molecule has 0 aliphatic rings. The van der Waals surface area contributed by atoms with Crippen LogP contribution in [0.1, 0.15) is 21.5 Å². The van der Waals surface area contributed by atoms with E-state index < -0.39 is 23.8 Å². The van der Waals surface area contributed by atoms with Crippen molar-refractivity contribution in [3.05, 3.63) is 65.2 Å². The van der Waals surface area contributed by atoms with E-state index in [4.69, 9.17) is 4.74 Å². The van der Waals surface area contributed by atoms with Gasteiger partial charge in [0.15, 0.2) is 0 Å². The van der Waals surface area contributed by atoms with E-state index in [0.717, 1.165) is 12.1 Å². The maximum Gasteiger partial charge on any atom is 0.416 e. The first-order valence-corrected chi connectivity index (χ1v) is 8.53. The van der Waals surface area contributed by atoms with Crippen molar-refractivity contribution in [2.75, 3.05) is 27.3 Å². The Labute approximate surface area is 161 Å². The second-order valence-electron chi connectivity index (χ2n) is 6.37. The minimum atomic E-state index is -4.35. The number of nitrogens with zero attached hydrogens (tertiary/aromatic N) is 1. The molecule has 0 bridgehead atoms. The number of aliphatic hydroxyl groups is 1. The Morgan fingerprint density at radius 3 is 2.25 bits per heavy atom. The molecule has 0 aliphatic carbocycles. The lowest BCUT2D eigenvalue weighted by Gasteiger charge is -2.21. The number of benzene rings is 2. The number of esters is 1. The SMILES string of the molecule is COC(=O)c1ccc(OC[C@H](O)CN(C)Cc2ccc(C(F)(F)F)cc2)cc1. The second kappa shape index (κ2) is 9.57. The fourth-order valence-corrected chi connectivity index (χ4v) is 2.59. The fourth-order valence-electron chi connectivity index (χ4n) is 2.59. The summed E-state index contributed by atoms with van der Waals surface area (Å²) in [7, 11) is 3.05. The lowest BCUT2D eigenvalue weighted by atomic mass is 10.1. The van der Waals surface area contributed by atoms with Gasteiger partial charge in [-0.2, -0.15) is 13.2 Å². The third kappa shape index (κ3) is 6.54. The number of hydrogen-bond donors (Lipinski definition) is 1. The summed E-state index contributed by atoms with van der Waals surface area (Å²) in [5.74, 6) is 0.0496. The molecule has 0 radical (unpaired) electrons. The van der Waals surface area contributed by atoms with Gasteiger partial charge in [-0.3, -0.25) is 4.90 Å². The van der Waals surface area contributed by atoms with Gasteiger partial charge in [0.2, 0.25) is 0 Å². The quantitative estimate of drug-likeness (QED) is 0.693. The number of methoxy groups -OCH3 is 1. The topological polar surface area (TPSA) is 59.0 Å². The molecular formula is C20H22F3NO4. The van der Waals surface area contributed by atoms with Crippen molar-refractivity contribution in [2.24, 2.45) is 0 Å². The van der Waals surface area contributed by atoms with Gasteiger partial charge in [0.05, 0.1) is 18.2 Å². The zero-order chi connectivity index (χ0) is 20.7. The first-order chi connectivity index (χ1) is 13.2. The minimum absolute atomic E-state index is 0.0366. The standard InChI is InChI=1S/C20H22F3NO4/c1-24(11-14-3-7-16(8-4-14)20(21,22)23)12-17(25)13-28-18-9-5-15(6-10-18)19(26)27-2/h3-10,17,25H,11-13H2,1-2H3/t17-/m1/s1. The van der Waals surface area contributed by atoms with Crippen molar-refractivity contribution in [2.45, 2.75) is 18.8 Å². The molecule has 0 saturated carbocycles. The molecular weight excluding hydrogens is 375 g/mol. The Morgan fingerprint density at radius 2 is 1.71 bits per heavy atom. The summed E-state index contributed by atoms with van der Waals surface area (Å²) < 4.78 is 47.8. The number of aliphatic hydroxyl groups excluding tert-OH is 1. The van der Waals surface area contributed by atoms with Gasteiger partial charge in [-0.25, -0.2) is 4.79 Å². The molecule has 28 heavy (non-hydrogen) atoms. The maximum atomic E-state index is 12.6. The maximum absolute atomic E-state index is 12.6. The van der Waals surface area contributed by atoms with Gasteiger partial charge in [-0.1, -0.05) is 12.1 Å². The summed E-state index contributed by atoms with van der Waals surface area (Å²) in [6.45, 7) is 0.708. The summed E-state index contributed by atoms with van der Waals surface area (Å²) in [4.78, 5) is 13.2. The summed E-state index contributed by atoms with van der Waals surface area (Å²) in [5.41, 5.74) is 0.416. The van der Waals surface area contributed by atoms with Crippen LogP contribution in [0.5, 0.6) is 5.75 Å². The molecule has 0 fully saturated rings. The van der Waals surface area contributed by atoms with Crippen molar-refractivity contribution in [3.8, 4) is 5.75 Å². The molecule has 0 spiro atoms. The Morgan fingerprint density at radius 1 is 1.11 bits per heavy atom. The normalized spacial score (nSPS) is 12.7. The van der Waals surface area contributed by atoms with Gasteiger partial charge in [-0.15, -0.1) is 0 Å². The highest BCUT2D eigenvalue weighted by Gasteiger charge is 2.29. The molecule has 0 aromatic heterocycles. The monoisotopic (exact) mass is 397 g/mol. The molecule has 0 aliphatic heterocycles. The van der Waals surface area contributed by atoms with Gasteiger partial charge < -0.3 is 14.6 Å². The van der Waals surface area contributed by atoms with Crippen LogP contribution < -0.4 is 4.74 Å². The van der Waals surface area contributed by atoms with Crippen molar-refractivity contribution in [1.82, 2.24) is 4.90 Å². The molecule has 8 heteroatoms. The Bertz CT molecular complexity index is 761. The first-order valence-electron chi connectivity index (χ1n) is 8.53. The fraction of sp³-hybridized carbons (Fsp3) is 0.350. The van der Waals surface area contributed by atoms with Crippen molar-refractivity contribution in [3.63, 3.8) is 0 Å². The third-order valence-electron chi connectivity index (χ3n) is 3.97.